The average Bonchev–Trinajstić information content (AvgIpc) is 2.81. The number of Topliss-reactive ketones (excluding diaryl/α,β-unsaturated/α-hetero) is 1. The van der Waals surface area contributed by atoms with Gasteiger partial charge in [0.15, 0.2) is 0 Å². The molecule has 2 unspecified atom stereocenters. The lowest BCUT2D eigenvalue weighted by molar-refractivity contribution is -0.125. The monoisotopic (exact) mass is 235 g/mol. The molecule has 2 bridgehead atoms. The predicted octanol–water partition coefficient (Wildman–Crippen LogP) is 3.06. The summed E-state index contributed by atoms with van der Waals surface area (Å²) in [6, 6.07) is 1.31. The van der Waals surface area contributed by atoms with Gasteiger partial charge in [0, 0.05) is 24.4 Å². The normalized spacial score (nSPS) is 38.2. The van der Waals surface area contributed by atoms with Gasteiger partial charge < -0.3 is 5.32 Å². The van der Waals surface area contributed by atoms with E-state index in [0.717, 1.165) is 25.2 Å². The van der Waals surface area contributed by atoms with Gasteiger partial charge in [-0.15, -0.1) is 0 Å². The molecule has 2 heterocycles. The van der Waals surface area contributed by atoms with Crippen LogP contribution in [0.25, 0.3) is 0 Å². The first-order valence-electron chi connectivity index (χ1n) is 7.60. The van der Waals surface area contributed by atoms with Crippen molar-refractivity contribution in [2.24, 2.45) is 11.8 Å². The number of fused-ring (bicyclic) bond motifs is 2. The Balaban J connectivity index is 1.54. The molecule has 0 radical (unpaired) electrons. The van der Waals surface area contributed by atoms with Crippen molar-refractivity contribution in [3.05, 3.63) is 0 Å². The van der Waals surface area contributed by atoms with Crippen molar-refractivity contribution in [3.63, 3.8) is 0 Å². The molecule has 1 saturated carbocycles. The highest BCUT2D eigenvalue weighted by Crippen LogP contribution is 2.34. The predicted molar refractivity (Wildman–Crippen MR) is 68.9 cm³/mol. The molecule has 3 fully saturated rings. The summed E-state index contributed by atoms with van der Waals surface area (Å²) >= 11 is 0. The van der Waals surface area contributed by atoms with Crippen molar-refractivity contribution < 1.29 is 4.79 Å². The van der Waals surface area contributed by atoms with Gasteiger partial charge in [0.1, 0.15) is 5.78 Å². The number of hydrogen-bond donors (Lipinski definition) is 1. The van der Waals surface area contributed by atoms with Gasteiger partial charge in [0.05, 0.1) is 0 Å². The highest BCUT2D eigenvalue weighted by molar-refractivity contribution is 5.81. The van der Waals surface area contributed by atoms with Crippen LogP contribution in [0.5, 0.6) is 0 Å². The number of rotatable bonds is 3. The minimum absolute atomic E-state index is 0.396. The minimum atomic E-state index is 0.396. The number of ketones is 1. The van der Waals surface area contributed by atoms with Crippen LogP contribution in [0, 0.1) is 11.8 Å². The maximum Gasteiger partial charge on any atom is 0.136 e. The first-order chi connectivity index (χ1) is 8.31. The summed E-state index contributed by atoms with van der Waals surface area (Å²) in [6.07, 6.45) is 12.4. The third-order valence-electron chi connectivity index (χ3n) is 5.13. The van der Waals surface area contributed by atoms with Crippen LogP contribution in [0.2, 0.25) is 0 Å². The van der Waals surface area contributed by atoms with Crippen molar-refractivity contribution in [2.45, 2.75) is 76.3 Å². The molecule has 2 nitrogen and oxygen atoms in total. The van der Waals surface area contributed by atoms with Crippen LogP contribution in [0.15, 0.2) is 0 Å². The van der Waals surface area contributed by atoms with Gasteiger partial charge in [-0.25, -0.2) is 0 Å². The number of piperidine rings is 2. The largest absolute Gasteiger partial charge is 0.311 e. The average molecular weight is 235 g/mol. The Hall–Kier alpha value is -0.370. The molecule has 96 valence electrons. The lowest BCUT2D eigenvalue weighted by Gasteiger charge is -2.40. The van der Waals surface area contributed by atoms with E-state index >= 15 is 0 Å². The van der Waals surface area contributed by atoms with Gasteiger partial charge in [0.2, 0.25) is 0 Å². The van der Waals surface area contributed by atoms with Crippen LogP contribution in [0.3, 0.4) is 0 Å². The van der Waals surface area contributed by atoms with E-state index < -0.39 is 0 Å². The maximum atomic E-state index is 12.4. The van der Waals surface area contributed by atoms with Crippen molar-refractivity contribution in [1.82, 2.24) is 5.32 Å². The van der Waals surface area contributed by atoms with Gasteiger partial charge in [-0.2, -0.15) is 0 Å². The summed E-state index contributed by atoms with van der Waals surface area (Å²) in [5.74, 6) is 1.72. The Bertz CT molecular complexity index is 271. The summed E-state index contributed by atoms with van der Waals surface area (Å²) in [7, 11) is 0. The van der Waals surface area contributed by atoms with Crippen molar-refractivity contribution in [2.75, 3.05) is 0 Å². The molecule has 0 spiro atoms. The summed E-state index contributed by atoms with van der Waals surface area (Å²) in [5.41, 5.74) is 0. The topological polar surface area (TPSA) is 29.1 Å². The molecule has 0 aromatic rings. The fourth-order valence-corrected chi connectivity index (χ4v) is 4.19. The van der Waals surface area contributed by atoms with Gasteiger partial charge in [-0.1, -0.05) is 32.1 Å². The Morgan fingerprint density at radius 1 is 0.941 bits per heavy atom. The zero-order valence-corrected chi connectivity index (χ0v) is 10.8. The second-order valence-electron chi connectivity index (χ2n) is 6.48. The number of carbonyl (C=O) groups excluding carboxylic acids is 1. The van der Waals surface area contributed by atoms with Crippen LogP contribution < -0.4 is 5.32 Å². The lowest BCUT2D eigenvalue weighted by Crippen LogP contribution is -2.50. The molecule has 2 aliphatic heterocycles. The zero-order valence-electron chi connectivity index (χ0n) is 10.8. The summed E-state index contributed by atoms with van der Waals surface area (Å²) in [4.78, 5) is 12.4. The molecule has 0 aromatic carbocycles. The van der Waals surface area contributed by atoms with Gasteiger partial charge >= 0.3 is 0 Å². The second kappa shape index (κ2) is 5.09. The van der Waals surface area contributed by atoms with Gasteiger partial charge in [-0.05, 0) is 31.6 Å². The molecular weight excluding hydrogens is 210 g/mol. The molecule has 0 amide bonds. The SMILES string of the molecule is O=C(CC1CCCC1)C1CC2CCCC(C1)N2. The van der Waals surface area contributed by atoms with E-state index in [1.165, 1.54) is 44.9 Å². The zero-order chi connectivity index (χ0) is 11.7. The highest BCUT2D eigenvalue weighted by Gasteiger charge is 2.35. The summed E-state index contributed by atoms with van der Waals surface area (Å²) < 4.78 is 0. The van der Waals surface area contributed by atoms with E-state index in [9.17, 15) is 4.79 Å². The molecule has 17 heavy (non-hydrogen) atoms. The Labute approximate surface area is 105 Å². The summed E-state index contributed by atoms with van der Waals surface area (Å²) in [5, 5.41) is 3.68. The lowest BCUT2D eigenvalue weighted by atomic mass is 9.77. The molecule has 3 aliphatic rings. The summed E-state index contributed by atoms with van der Waals surface area (Å²) in [6.45, 7) is 0. The Morgan fingerprint density at radius 3 is 2.24 bits per heavy atom. The highest BCUT2D eigenvalue weighted by atomic mass is 16.1. The minimum Gasteiger partial charge on any atom is -0.311 e. The fourth-order valence-electron chi connectivity index (χ4n) is 4.19. The van der Waals surface area contributed by atoms with Crippen LogP contribution in [0.4, 0.5) is 0 Å². The van der Waals surface area contributed by atoms with E-state index in [0.29, 0.717) is 23.8 Å². The van der Waals surface area contributed by atoms with Gasteiger partial charge in [0.25, 0.3) is 0 Å². The maximum absolute atomic E-state index is 12.4. The van der Waals surface area contributed by atoms with Crippen LogP contribution >= 0.6 is 0 Å². The molecule has 2 saturated heterocycles. The Morgan fingerprint density at radius 2 is 1.59 bits per heavy atom. The van der Waals surface area contributed by atoms with Crippen molar-refractivity contribution in [3.8, 4) is 0 Å². The van der Waals surface area contributed by atoms with E-state index in [4.69, 9.17) is 0 Å². The van der Waals surface area contributed by atoms with E-state index in [2.05, 4.69) is 5.32 Å². The van der Waals surface area contributed by atoms with E-state index in [-0.39, 0.29) is 0 Å². The first-order valence-corrected chi connectivity index (χ1v) is 7.60. The third kappa shape index (κ3) is 2.73. The van der Waals surface area contributed by atoms with Crippen LogP contribution in [-0.2, 0) is 4.79 Å². The Kier molecular flexibility index (Phi) is 3.51. The number of carbonyl (C=O) groups is 1. The number of nitrogens with one attached hydrogen (secondary N) is 1. The van der Waals surface area contributed by atoms with Gasteiger partial charge in [-0.3, -0.25) is 4.79 Å². The molecule has 2 heteroatoms. The van der Waals surface area contributed by atoms with Crippen LogP contribution in [0.1, 0.15) is 64.2 Å². The smallest absolute Gasteiger partial charge is 0.136 e. The van der Waals surface area contributed by atoms with E-state index in [1.807, 2.05) is 0 Å². The molecule has 3 rings (SSSR count). The van der Waals surface area contributed by atoms with Crippen molar-refractivity contribution >= 4 is 5.78 Å². The molecule has 1 N–H and O–H groups in total. The van der Waals surface area contributed by atoms with E-state index in [1.54, 1.807) is 0 Å². The van der Waals surface area contributed by atoms with Crippen LogP contribution in [-0.4, -0.2) is 17.9 Å². The standard InChI is InChI=1S/C15H25NO/c17-15(8-11-4-1-2-5-11)12-9-13-6-3-7-14(10-12)16-13/h11-14,16H,1-10H2. The quantitative estimate of drug-likeness (QED) is 0.814. The third-order valence-corrected chi connectivity index (χ3v) is 5.13. The van der Waals surface area contributed by atoms with Crippen molar-refractivity contribution in [1.29, 1.82) is 0 Å². The molecule has 0 aromatic heterocycles. The molecular formula is C15H25NO. The second-order valence-corrected chi connectivity index (χ2v) is 6.48. The molecule has 2 atom stereocenters. The number of hydrogen-bond acceptors (Lipinski definition) is 2. The molecule has 1 aliphatic carbocycles. The fraction of sp³-hybridized carbons (Fsp3) is 0.933. The first kappa shape index (κ1) is 11.7.